The van der Waals surface area contributed by atoms with Crippen LogP contribution >= 0.6 is 11.8 Å². The number of amides is 2. The third-order valence-electron chi connectivity index (χ3n) is 4.82. The average Bonchev–Trinajstić information content (AvgIpc) is 2.73. The zero-order chi connectivity index (χ0) is 20.8. The molecule has 0 aliphatic carbocycles. The van der Waals surface area contributed by atoms with E-state index < -0.39 is 0 Å². The van der Waals surface area contributed by atoms with E-state index in [0.29, 0.717) is 0 Å². The van der Waals surface area contributed by atoms with E-state index in [-0.39, 0.29) is 28.9 Å². The lowest BCUT2D eigenvalue weighted by Gasteiger charge is -2.19. The molecule has 2 atom stereocenters. The van der Waals surface area contributed by atoms with E-state index in [1.807, 2.05) is 69.3 Å². The minimum absolute atomic E-state index is 0.0708. The molecule has 0 saturated carbocycles. The molecule has 3 rings (SSSR count). The van der Waals surface area contributed by atoms with Gasteiger partial charge in [0.05, 0.1) is 17.0 Å². The zero-order valence-electron chi connectivity index (χ0n) is 16.9. The van der Waals surface area contributed by atoms with Crippen LogP contribution in [0.2, 0.25) is 0 Å². The highest BCUT2D eigenvalue weighted by Gasteiger charge is 2.19. The summed E-state index contributed by atoms with van der Waals surface area (Å²) >= 11 is 1.33. The Kier molecular flexibility index (Phi) is 6.94. The maximum atomic E-state index is 12.6. The van der Waals surface area contributed by atoms with Gasteiger partial charge in [-0.25, -0.2) is 0 Å². The second-order valence-corrected chi connectivity index (χ2v) is 8.50. The third-order valence-corrected chi connectivity index (χ3v) is 5.96. The van der Waals surface area contributed by atoms with Gasteiger partial charge in [-0.15, -0.1) is 11.8 Å². The Morgan fingerprint density at radius 1 is 0.931 bits per heavy atom. The van der Waals surface area contributed by atoms with Crippen molar-refractivity contribution >= 4 is 40.0 Å². The van der Waals surface area contributed by atoms with Gasteiger partial charge < -0.3 is 10.6 Å². The number of fused-ring (bicyclic) bond motifs is 1. The number of benzene rings is 3. The third kappa shape index (κ3) is 5.61. The molecule has 3 aromatic rings. The lowest BCUT2D eigenvalue weighted by Crippen LogP contribution is -2.34. The van der Waals surface area contributed by atoms with Gasteiger partial charge in [-0.1, -0.05) is 60.2 Å². The van der Waals surface area contributed by atoms with Gasteiger partial charge in [-0.2, -0.15) is 0 Å². The molecule has 2 N–H and O–H groups in total. The number of hydrogen-bond donors (Lipinski definition) is 2. The molecule has 29 heavy (non-hydrogen) atoms. The van der Waals surface area contributed by atoms with Gasteiger partial charge in [0.2, 0.25) is 11.8 Å². The molecule has 0 saturated heterocycles. The fourth-order valence-electron chi connectivity index (χ4n) is 3.15. The van der Waals surface area contributed by atoms with Crippen LogP contribution in [-0.2, 0) is 9.59 Å². The molecule has 150 valence electrons. The largest absolute Gasteiger partial charge is 0.349 e. The fraction of sp³-hybridized carbons (Fsp3) is 0.250. The Labute approximate surface area is 176 Å². The second kappa shape index (κ2) is 9.61. The van der Waals surface area contributed by atoms with Gasteiger partial charge in [0.25, 0.3) is 0 Å². The van der Waals surface area contributed by atoms with Crippen LogP contribution in [0.25, 0.3) is 10.8 Å². The van der Waals surface area contributed by atoms with Crippen molar-refractivity contribution in [3.8, 4) is 0 Å². The van der Waals surface area contributed by atoms with Crippen molar-refractivity contribution in [2.45, 2.75) is 32.1 Å². The number of hydrogen-bond acceptors (Lipinski definition) is 3. The Hall–Kier alpha value is -2.79. The van der Waals surface area contributed by atoms with Crippen molar-refractivity contribution in [3.63, 3.8) is 0 Å². The molecule has 0 heterocycles. The number of rotatable bonds is 7. The van der Waals surface area contributed by atoms with E-state index in [9.17, 15) is 9.59 Å². The maximum absolute atomic E-state index is 12.6. The second-order valence-electron chi connectivity index (χ2n) is 7.17. The number of carbonyl (C=O) groups is 2. The van der Waals surface area contributed by atoms with Gasteiger partial charge in [-0.05, 0) is 49.2 Å². The zero-order valence-corrected chi connectivity index (χ0v) is 17.8. The lowest BCUT2D eigenvalue weighted by atomic mass is 9.99. The molecule has 4 nitrogen and oxygen atoms in total. The van der Waals surface area contributed by atoms with Crippen molar-refractivity contribution in [1.82, 2.24) is 5.32 Å². The quantitative estimate of drug-likeness (QED) is 0.575. The average molecular weight is 407 g/mol. The smallest absolute Gasteiger partial charge is 0.234 e. The Bertz CT molecular complexity index is 996. The minimum Gasteiger partial charge on any atom is -0.349 e. The number of anilines is 1. The van der Waals surface area contributed by atoms with Crippen molar-refractivity contribution in [2.75, 3.05) is 11.1 Å². The van der Waals surface area contributed by atoms with Crippen LogP contribution in [0.4, 0.5) is 5.69 Å². The highest BCUT2D eigenvalue weighted by Crippen LogP contribution is 2.24. The molecule has 0 aliphatic heterocycles. The maximum Gasteiger partial charge on any atom is 0.234 e. The van der Waals surface area contributed by atoms with Crippen LogP contribution in [0.5, 0.6) is 0 Å². The van der Waals surface area contributed by atoms with E-state index >= 15 is 0 Å². The van der Waals surface area contributed by atoms with Crippen LogP contribution in [0, 0.1) is 6.92 Å². The highest BCUT2D eigenvalue weighted by molar-refractivity contribution is 8.01. The Morgan fingerprint density at radius 3 is 2.38 bits per heavy atom. The Morgan fingerprint density at radius 2 is 1.62 bits per heavy atom. The normalized spacial score (nSPS) is 12.9. The summed E-state index contributed by atoms with van der Waals surface area (Å²) in [6.07, 6.45) is 0. The standard InChI is InChI=1S/C24H26N2O2S/c1-16-11-13-20(14-12-16)26-23(27)15-29-18(3)24(28)25-17(2)21-10-6-8-19-7-4-5-9-22(19)21/h4-14,17-18H,15H2,1-3H3,(H,25,28)(H,26,27). The van der Waals surface area contributed by atoms with Gasteiger partial charge in [0.15, 0.2) is 0 Å². The first-order chi connectivity index (χ1) is 13.9. The fourth-order valence-corrected chi connectivity index (χ4v) is 3.84. The van der Waals surface area contributed by atoms with Crippen molar-refractivity contribution in [1.29, 1.82) is 0 Å². The highest BCUT2D eigenvalue weighted by atomic mass is 32.2. The van der Waals surface area contributed by atoms with Crippen molar-refractivity contribution in [3.05, 3.63) is 77.9 Å². The molecule has 2 unspecified atom stereocenters. The molecule has 2 amide bonds. The number of carbonyl (C=O) groups excluding carboxylic acids is 2. The monoisotopic (exact) mass is 406 g/mol. The first kappa shape index (κ1) is 20.9. The Balaban J connectivity index is 1.53. The van der Waals surface area contributed by atoms with E-state index in [0.717, 1.165) is 27.6 Å². The summed E-state index contributed by atoms with van der Waals surface area (Å²) in [4.78, 5) is 24.8. The SMILES string of the molecule is Cc1ccc(NC(=O)CSC(C)C(=O)NC(C)c2cccc3ccccc23)cc1. The predicted octanol–water partition coefficient (Wildman–Crippen LogP) is 5.09. The van der Waals surface area contributed by atoms with Crippen LogP contribution in [0.15, 0.2) is 66.7 Å². The van der Waals surface area contributed by atoms with Gasteiger partial charge in [-0.3, -0.25) is 9.59 Å². The summed E-state index contributed by atoms with van der Waals surface area (Å²) in [5, 5.41) is 7.91. The van der Waals surface area contributed by atoms with Crippen molar-refractivity contribution < 1.29 is 9.59 Å². The van der Waals surface area contributed by atoms with E-state index in [1.54, 1.807) is 0 Å². The molecule has 0 aliphatic rings. The summed E-state index contributed by atoms with van der Waals surface area (Å²) in [5.74, 6) is 0.0460. The van der Waals surface area contributed by atoms with E-state index in [2.05, 4.69) is 28.8 Å². The molecular formula is C24H26N2O2S. The minimum atomic E-state index is -0.323. The summed E-state index contributed by atoms with van der Waals surface area (Å²) in [7, 11) is 0. The molecule has 3 aromatic carbocycles. The van der Waals surface area contributed by atoms with Crippen LogP contribution < -0.4 is 10.6 Å². The van der Waals surface area contributed by atoms with Crippen LogP contribution in [-0.4, -0.2) is 22.8 Å². The predicted molar refractivity (Wildman–Crippen MR) is 122 cm³/mol. The first-order valence-electron chi connectivity index (χ1n) is 9.70. The number of nitrogens with one attached hydrogen (secondary N) is 2. The van der Waals surface area contributed by atoms with Crippen molar-refractivity contribution in [2.24, 2.45) is 0 Å². The van der Waals surface area contributed by atoms with Crippen LogP contribution in [0.3, 0.4) is 0 Å². The molecule has 0 fully saturated rings. The molecule has 0 radical (unpaired) electrons. The van der Waals surface area contributed by atoms with Gasteiger partial charge in [0, 0.05) is 5.69 Å². The molecule has 5 heteroatoms. The number of thioether (sulfide) groups is 1. The molecule has 0 bridgehead atoms. The van der Waals surface area contributed by atoms with E-state index in [1.165, 1.54) is 11.8 Å². The number of aryl methyl sites for hydroxylation is 1. The topological polar surface area (TPSA) is 58.2 Å². The summed E-state index contributed by atoms with van der Waals surface area (Å²) < 4.78 is 0. The molecular weight excluding hydrogens is 380 g/mol. The van der Waals surface area contributed by atoms with Crippen LogP contribution in [0.1, 0.15) is 31.0 Å². The molecule has 0 aromatic heterocycles. The summed E-state index contributed by atoms with van der Waals surface area (Å²) in [5.41, 5.74) is 3.00. The summed E-state index contributed by atoms with van der Waals surface area (Å²) in [6, 6.07) is 21.8. The summed E-state index contributed by atoms with van der Waals surface area (Å²) in [6.45, 7) is 5.82. The van der Waals surface area contributed by atoms with Gasteiger partial charge >= 0.3 is 0 Å². The lowest BCUT2D eigenvalue weighted by molar-refractivity contribution is -0.120. The molecule has 0 spiro atoms. The van der Waals surface area contributed by atoms with Gasteiger partial charge in [0.1, 0.15) is 0 Å². The first-order valence-corrected chi connectivity index (χ1v) is 10.7. The van der Waals surface area contributed by atoms with E-state index in [4.69, 9.17) is 0 Å².